The molecule has 0 bridgehead atoms. The van der Waals surface area contributed by atoms with Gasteiger partial charge in [-0.1, -0.05) is 0 Å². The number of carboxylic acid groups (broad SMARTS) is 1. The summed E-state index contributed by atoms with van der Waals surface area (Å²) in [5.74, 6) is -0.445. The second kappa shape index (κ2) is 3.65. The molecule has 0 spiro atoms. The van der Waals surface area contributed by atoms with Gasteiger partial charge in [0.15, 0.2) is 0 Å². The summed E-state index contributed by atoms with van der Waals surface area (Å²) in [5.41, 5.74) is 0.526. The Morgan fingerprint density at radius 2 is 2.27 bits per heavy atom. The number of benzene rings is 1. The zero-order chi connectivity index (χ0) is 10.8. The molecule has 0 radical (unpaired) electrons. The van der Waals surface area contributed by atoms with Gasteiger partial charge in [0.2, 0.25) is 5.76 Å². The molecule has 0 amide bonds. The monoisotopic (exact) mass is 206 g/mol. The van der Waals surface area contributed by atoms with Crippen molar-refractivity contribution in [3.05, 3.63) is 30.0 Å². The third-order valence-electron chi connectivity index (χ3n) is 2.01. The quantitative estimate of drug-likeness (QED) is 0.838. The fourth-order valence-corrected chi connectivity index (χ4v) is 1.37. The molecular weight excluding hydrogens is 196 g/mol. The molecule has 0 saturated heterocycles. The second-order valence-electron chi connectivity index (χ2n) is 3.05. The van der Waals surface area contributed by atoms with E-state index in [1.165, 1.54) is 6.07 Å². The van der Waals surface area contributed by atoms with Crippen LogP contribution < -0.4 is 4.74 Å². The summed E-state index contributed by atoms with van der Waals surface area (Å²) in [7, 11) is 0. The number of aromatic carboxylic acids is 1. The van der Waals surface area contributed by atoms with Crippen LogP contribution in [0.25, 0.3) is 11.0 Å². The maximum absolute atomic E-state index is 10.7. The van der Waals surface area contributed by atoms with Crippen LogP contribution in [0.4, 0.5) is 0 Å². The van der Waals surface area contributed by atoms with E-state index in [0.29, 0.717) is 17.9 Å². The van der Waals surface area contributed by atoms with Crippen LogP contribution in [0.15, 0.2) is 28.7 Å². The SMILES string of the molecule is CCOc1ccc2cc(C(=O)O)oc2c1. The van der Waals surface area contributed by atoms with Crippen molar-refractivity contribution in [2.75, 3.05) is 6.61 Å². The molecule has 2 aromatic rings. The number of fused-ring (bicyclic) bond motifs is 1. The fraction of sp³-hybridized carbons (Fsp3) is 0.182. The van der Waals surface area contributed by atoms with E-state index < -0.39 is 5.97 Å². The van der Waals surface area contributed by atoms with Crippen molar-refractivity contribution in [2.45, 2.75) is 6.92 Å². The number of rotatable bonds is 3. The van der Waals surface area contributed by atoms with Crippen LogP contribution in [0.5, 0.6) is 5.75 Å². The van der Waals surface area contributed by atoms with E-state index >= 15 is 0 Å². The fourth-order valence-electron chi connectivity index (χ4n) is 1.37. The molecule has 0 aliphatic carbocycles. The summed E-state index contributed by atoms with van der Waals surface area (Å²) < 4.78 is 10.4. The molecule has 0 atom stereocenters. The van der Waals surface area contributed by atoms with E-state index in [2.05, 4.69) is 0 Å². The highest BCUT2D eigenvalue weighted by Crippen LogP contribution is 2.24. The van der Waals surface area contributed by atoms with Crippen LogP contribution in [0.1, 0.15) is 17.5 Å². The van der Waals surface area contributed by atoms with Gasteiger partial charge in [0, 0.05) is 11.5 Å². The molecule has 4 heteroatoms. The minimum absolute atomic E-state index is 0.0568. The van der Waals surface area contributed by atoms with Gasteiger partial charge in [0.1, 0.15) is 11.3 Å². The standard InChI is InChI=1S/C11H10O4/c1-2-14-8-4-3-7-5-10(11(12)13)15-9(7)6-8/h3-6H,2H2,1H3,(H,12,13). The Morgan fingerprint density at radius 1 is 1.47 bits per heavy atom. The lowest BCUT2D eigenvalue weighted by molar-refractivity contribution is 0.0665. The van der Waals surface area contributed by atoms with Gasteiger partial charge in [-0.15, -0.1) is 0 Å². The third kappa shape index (κ3) is 1.79. The molecule has 1 heterocycles. The Morgan fingerprint density at radius 3 is 2.93 bits per heavy atom. The van der Waals surface area contributed by atoms with Crippen molar-refractivity contribution >= 4 is 16.9 Å². The first kappa shape index (κ1) is 9.58. The van der Waals surface area contributed by atoms with Crippen LogP contribution in [-0.4, -0.2) is 17.7 Å². The lowest BCUT2D eigenvalue weighted by atomic mass is 10.2. The minimum Gasteiger partial charge on any atom is -0.494 e. The van der Waals surface area contributed by atoms with Gasteiger partial charge in [-0.05, 0) is 25.1 Å². The van der Waals surface area contributed by atoms with Crippen LogP contribution in [0.2, 0.25) is 0 Å². The molecule has 2 rings (SSSR count). The highest BCUT2D eigenvalue weighted by molar-refractivity contribution is 5.91. The molecule has 0 aliphatic rings. The maximum atomic E-state index is 10.7. The smallest absolute Gasteiger partial charge is 0.371 e. The van der Waals surface area contributed by atoms with Crippen LogP contribution in [0, 0.1) is 0 Å². The molecule has 1 aromatic heterocycles. The van der Waals surface area contributed by atoms with E-state index in [0.717, 1.165) is 5.39 Å². The lowest BCUT2D eigenvalue weighted by Gasteiger charge is -2.00. The number of carbonyl (C=O) groups is 1. The molecule has 4 nitrogen and oxygen atoms in total. The molecule has 15 heavy (non-hydrogen) atoms. The maximum Gasteiger partial charge on any atom is 0.371 e. The van der Waals surface area contributed by atoms with E-state index in [1.807, 2.05) is 6.92 Å². The number of carboxylic acids is 1. The first-order valence-electron chi connectivity index (χ1n) is 4.60. The molecule has 78 valence electrons. The zero-order valence-corrected chi connectivity index (χ0v) is 8.19. The summed E-state index contributed by atoms with van der Waals surface area (Å²) in [6.45, 7) is 2.45. The molecule has 0 unspecified atom stereocenters. The van der Waals surface area contributed by atoms with Gasteiger partial charge in [0.25, 0.3) is 0 Å². The number of hydrogen-bond donors (Lipinski definition) is 1. The topological polar surface area (TPSA) is 59.7 Å². The first-order valence-corrected chi connectivity index (χ1v) is 4.60. The van der Waals surface area contributed by atoms with Gasteiger partial charge in [-0.2, -0.15) is 0 Å². The summed E-state index contributed by atoms with van der Waals surface area (Å²) in [6.07, 6.45) is 0. The molecule has 1 aromatic carbocycles. The molecule has 0 saturated carbocycles. The van der Waals surface area contributed by atoms with Crippen LogP contribution >= 0.6 is 0 Å². The second-order valence-corrected chi connectivity index (χ2v) is 3.05. The van der Waals surface area contributed by atoms with E-state index in [1.54, 1.807) is 18.2 Å². The Kier molecular flexibility index (Phi) is 2.33. The number of furan rings is 1. The Bertz CT molecular complexity index is 498. The van der Waals surface area contributed by atoms with Crippen molar-refractivity contribution in [1.82, 2.24) is 0 Å². The van der Waals surface area contributed by atoms with E-state index in [4.69, 9.17) is 14.3 Å². The van der Waals surface area contributed by atoms with Crippen molar-refractivity contribution in [2.24, 2.45) is 0 Å². The molecule has 0 aliphatic heterocycles. The normalized spacial score (nSPS) is 10.5. The van der Waals surface area contributed by atoms with Crippen molar-refractivity contribution in [3.63, 3.8) is 0 Å². The zero-order valence-electron chi connectivity index (χ0n) is 8.19. The minimum atomic E-state index is -1.07. The first-order chi connectivity index (χ1) is 7.20. The highest BCUT2D eigenvalue weighted by atomic mass is 16.5. The van der Waals surface area contributed by atoms with Gasteiger partial charge in [-0.25, -0.2) is 4.79 Å². The summed E-state index contributed by atoms with van der Waals surface area (Å²) in [4.78, 5) is 10.7. The largest absolute Gasteiger partial charge is 0.494 e. The van der Waals surface area contributed by atoms with Gasteiger partial charge in [0.05, 0.1) is 6.61 Å². The third-order valence-corrected chi connectivity index (χ3v) is 2.01. The summed E-state index contributed by atoms with van der Waals surface area (Å²) in [5, 5.41) is 9.49. The highest BCUT2D eigenvalue weighted by Gasteiger charge is 2.10. The average Bonchev–Trinajstić information content (AvgIpc) is 2.61. The van der Waals surface area contributed by atoms with Crippen molar-refractivity contribution in [1.29, 1.82) is 0 Å². The van der Waals surface area contributed by atoms with Gasteiger partial charge >= 0.3 is 5.97 Å². The van der Waals surface area contributed by atoms with Crippen molar-refractivity contribution in [3.8, 4) is 5.75 Å². The Hall–Kier alpha value is -1.97. The molecule has 1 N–H and O–H groups in total. The van der Waals surface area contributed by atoms with E-state index in [-0.39, 0.29) is 5.76 Å². The lowest BCUT2D eigenvalue weighted by Crippen LogP contribution is -1.91. The average molecular weight is 206 g/mol. The van der Waals surface area contributed by atoms with Gasteiger partial charge in [-0.3, -0.25) is 0 Å². The molecule has 0 fully saturated rings. The number of hydrogen-bond acceptors (Lipinski definition) is 3. The number of ether oxygens (including phenoxy) is 1. The Labute approximate surface area is 86.1 Å². The van der Waals surface area contributed by atoms with Gasteiger partial charge < -0.3 is 14.3 Å². The summed E-state index contributed by atoms with van der Waals surface area (Å²) in [6, 6.07) is 6.74. The molecular formula is C11H10O4. The van der Waals surface area contributed by atoms with Crippen molar-refractivity contribution < 1.29 is 19.1 Å². The predicted molar refractivity (Wildman–Crippen MR) is 54.3 cm³/mol. The summed E-state index contributed by atoms with van der Waals surface area (Å²) >= 11 is 0. The predicted octanol–water partition coefficient (Wildman–Crippen LogP) is 2.53. The van der Waals surface area contributed by atoms with Crippen LogP contribution in [-0.2, 0) is 0 Å². The Balaban J connectivity index is 2.47. The van der Waals surface area contributed by atoms with E-state index in [9.17, 15) is 4.79 Å². The van der Waals surface area contributed by atoms with Crippen LogP contribution in [0.3, 0.4) is 0 Å².